The Morgan fingerprint density at radius 1 is 1.09 bits per heavy atom. The number of carbonyl (C=O) groups is 2. The number of amides is 2. The van der Waals surface area contributed by atoms with Crippen LogP contribution >= 0.6 is 23.4 Å². The zero-order valence-electron chi connectivity index (χ0n) is 17.5. The number of halogens is 1. The van der Waals surface area contributed by atoms with Gasteiger partial charge >= 0.3 is 0 Å². The molecule has 4 rings (SSSR count). The molecule has 168 valence electrons. The van der Waals surface area contributed by atoms with Crippen molar-refractivity contribution in [1.82, 2.24) is 30.6 Å². The van der Waals surface area contributed by atoms with Gasteiger partial charge in [-0.2, -0.15) is 5.10 Å². The standard InChI is InChI=1S/C22H19ClN6O3S/c1-14-9-16(7-8-18(14)23)32-11-19(30)27-28-20(31)12-33-22-17-10-26-29(21(17)24-13-25-22)15-5-3-2-4-6-15/h2-10,13H,11-12H2,1H3,(H,27,30)(H,28,31). The molecule has 0 spiro atoms. The highest BCUT2D eigenvalue weighted by atomic mass is 35.5. The minimum Gasteiger partial charge on any atom is -0.484 e. The van der Waals surface area contributed by atoms with Gasteiger partial charge in [0.2, 0.25) is 5.91 Å². The molecule has 0 unspecified atom stereocenters. The minimum atomic E-state index is -0.491. The van der Waals surface area contributed by atoms with Crippen molar-refractivity contribution < 1.29 is 14.3 Å². The molecule has 0 saturated carbocycles. The molecule has 4 aromatic rings. The van der Waals surface area contributed by atoms with E-state index >= 15 is 0 Å². The summed E-state index contributed by atoms with van der Waals surface area (Å²) in [6.45, 7) is 1.59. The van der Waals surface area contributed by atoms with Gasteiger partial charge in [-0.05, 0) is 42.8 Å². The average molecular weight is 483 g/mol. The van der Waals surface area contributed by atoms with Crippen LogP contribution in [0.4, 0.5) is 0 Å². The van der Waals surface area contributed by atoms with Crippen LogP contribution in [0.5, 0.6) is 5.75 Å². The SMILES string of the molecule is Cc1cc(OCC(=O)NNC(=O)CSc2ncnc3c2cnn3-c2ccccc2)ccc1Cl. The number of thioether (sulfide) groups is 1. The molecule has 2 aromatic heterocycles. The van der Waals surface area contributed by atoms with Crippen LogP contribution < -0.4 is 15.6 Å². The second-order valence-electron chi connectivity index (χ2n) is 6.89. The molecule has 0 atom stereocenters. The van der Waals surface area contributed by atoms with Crippen LogP contribution in [-0.4, -0.2) is 43.9 Å². The number of fused-ring (bicyclic) bond motifs is 1. The summed E-state index contributed by atoms with van der Waals surface area (Å²) in [7, 11) is 0. The van der Waals surface area contributed by atoms with Gasteiger partial charge in [-0.1, -0.05) is 41.6 Å². The van der Waals surface area contributed by atoms with E-state index in [9.17, 15) is 9.59 Å². The number of ether oxygens (including phenoxy) is 1. The Balaban J connectivity index is 1.28. The molecule has 11 heteroatoms. The molecule has 2 N–H and O–H groups in total. The molecule has 2 aromatic carbocycles. The Kier molecular flexibility index (Phi) is 7.06. The Morgan fingerprint density at radius 3 is 2.67 bits per heavy atom. The third-order valence-electron chi connectivity index (χ3n) is 4.51. The number of carbonyl (C=O) groups excluding carboxylic acids is 2. The fourth-order valence-electron chi connectivity index (χ4n) is 2.90. The van der Waals surface area contributed by atoms with Crippen LogP contribution in [0.2, 0.25) is 5.02 Å². The Bertz CT molecular complexity index is 1300. The second kappa shape index (κ2) is 10.3. The van der Waals surface area contributed by atoms with Crippen molar-refractivity contribution in [2.45, 2.75) is 11.9 Å². The van der Waals surface area contributed by atoms with Gasteiger partial charge in [0.1, 0.15) is 17.1 Å². The first-order valence-corrected chi connectivity index (χ1v) is 11.2. The van der Waals surface area contributed by atoms with Crippen LogP contribution in [0, 0.1) is 6.92 Å². The maximum absolute atomic E-state index is 12.2. The van der Waals surface area contributed by atoms with Crippen LogP contribution in [-0.2, 0) is 9.59 Å². The van der Waals surface area contributed by atoms with E-state index in [1.165, 1.54) is 18.1 Å². The van der Waals surface area contributed by atoms with Crippen LogP contribution in [0.25, 0.3) is 16.7 Å². The number of benzene rings is 2. The van der Waals surface area contributed by atoms with E-state index < -0.39 is 11.8 Å². The lowest BCUT2D eigenvalue weighted by atomic mass is 10.2. The number of hydrogen-bond donors (Lipinski definition) is 2. The first kappa shape index (κ1) is 22.6. The van der Waals surface area contributed by atoms with E-state index in [0.717, 1.165) is 16.6 Å². The van der Waals surface area contributed by atoms with Crippen molar-refractivity contribution in [3.63, 3.8) is 0 Å². The van der Waals surface area contributed by atoms with E-state index in [4.69, 9.17) is 16.3 Å². The summed E-state index contributed by atoms with van der Waals surface area (Å²) in [6, 6.07) is 14.7. The highest BCUT2D eigenvalue weighted by Crippen LogP contribution is 2.25. The Hall–Kier alpha value is -3.63. The minimum absolute atomic E-state index is 0.0418. The van der Waals surface area contributed by atoms with Gasteiger partial charge in [0.15, 0.2) is 12.3 Å². The second-order valence-corrected chi connectivity index (χ2v) is 8.26. The lowest BCUT2D eigenvalue weighted by molar-refractivity contribution is -0.128. The van der Waals surface area contributed by atoms with E-state index in [2.05, 4.69) is 25.9 Å². The number of hydrogen-bond acceptors (Lipinski definition) is 7. The number of hydrazine groups is 1. The van der Waals surface area contributed by atoms with E-state index in [0.29, 0.717) is 21.4 Å². The van der Waals surface area contributed by atoms with Gasteiger partial charge in [-0.25, -0.2) is 14.6 Å². The first-order chi connectivity index (χ1) is 16.0. The molecular formula is C22H19ClN6O3S. The van der Waals surface area contributed by atoms with Gasteiger partial charge in [-0.3, -0.25) is 20.4 Å². The van der Waals surface area contributed by atoms with Crippen molar-refractivity contribution >= 4 is 46.2 Å². The molecule has 0 aliphatic carbocycles. The lowest BCUT2D eigenvalue weighted by Crippen LogP contribution is -2.44. The van der Waals surface area contributed by atoms with Gasteiger partial charge in [0.25, 0.3) is 5.91 Å². The Labute approximate surface area is 198 Å². The highest BCUT2D eigenvalue weighted by Gasteiger charge is 2.13. The van der Waals surface area contributed by atoms with E-state index in [1.54, 1.807) is 29.1 Å². The molecule has 0 aliphatic heterocycles. The fourth-order valence-corrected chi connectivity index (χ4v) is 3.78. The van der Waals surface area contributed by atoms with Crippen LogP contribution in [0.1, 0.15) is 5.56 Å². The lowest BCUT2D eigenvalue weighted by Gasteiger charge is -2.09. The summed E-state index contributed by atoms with van der Waals surface area (Å²) >= 11 is 7.19. The molecule has 0 bridgehead atoms. The van der Waals surface area contributed by atoms with Gasteiger partial charge in [0, 0.05) is 5.02 Å². The molecular weight excluding hydrogens is 464 g/mol. The molecule has 0 radical (unpaired) electrons. The molecule has 0 aliphatic rings. The number of para-hydroxylation sites is 1. The molecule has 33 heavy (non-hydrogen) atoms. The third-order valence-corrected chi connectivity index (χ3v) is 5.94. The summed E-state index contributed by atoms with van der Waals surface area (Å²) in [4.78, 5) is 32.7. The summed E-state index contributed by atoms with van der Waals surface area (Å²) < 4.78 is 7.11. The van der Waals surface area contributed by atoms with Crippen LogP contribution in [0.3, 0.4) is 0 Å². The molecule has 9 nitrogen and oxygen atoms in total. The van der Waals surface area contributed by atoms with Gasteiger partial charge in [-0.15, -0.1) is 0 Å². The van der Waals surface area contributed by atoms with Crippen molar-refractivity contribution in [2.24, 2.45) is 0 Å². The highest BCUT2D eigenvalue weighted by molar-refractivity contribution is 8.00. The summed E-state index contributed by atoms with van der Waals surface area (Å²) in [5.74, 6) is -0.328. The van der Waals surface area contributed by atoms with Crippen molar-refractivity contribution in [1.29, 1.82) is 0 Å². The maximum atomic E-state index is 12.2. The quantitative estimate of drug-likeness (QED) is 0.236. The Morgan fingerprint density at radius 2 is 1.88 bits per heavy atom. The number of nitrogens with zero attached hydrogens (tertiary/aromatic N) is 4. The molecule has 0 fully saturated rings. The topological polar surface area (TPSA) is 111 Å². The van der Waals surface area contributed by atoms with Crippen molar-refractivity contribution in [3.05, 3.63) is 71.6 Å². The number of aromatic nitrogens is 4. The van der Waals surface area contributed by atoms with Crippen molar-refractivity contribution in [3.8, 4) is 11.4 Å². The van der Waals surface area contributed by atoms with E-state index in [-0.39, 0.29) is 12.4 Å². The largest absolute Gasteiger partial charge is 0.484 e. The summed E-state index contributed by atoms with van der Waals surface area (Å²) in [6.07, 6.45) is 3.10. The zero-order valence-corrected chi connectivity index (χ0v) is 19.1. The monoisotopic (exact) mass is 482 g/mol. The van der Waals surface area contributed by atoms with Gasteiger partial charge in [0.05, 0.1) is 23.0 Å². The predicted octanol–water partition coefficient (Wildman–Crippen LogP) is 3.10. The number of aryl methyl sites for hydroxylation is 1. The van der Waals surface area contributed by atoms with Crippen molar-refractivity contribution in [2.75, 3.05) is 12.4 Å². The van der Waals surface area contributed by atoms with E-state index in [1.807, 2.05) is 37.3 Å². The normalized spacial score (nSPS) is 10.7. The maximum Gasteiger partial charge on any atom is 0.276 e. The number of rotatable bonds is 7. The van der Waals surface area contributed by atoms with Crippen LogP contribution in [0.15, 0.2) is 66.1 Å². The van der Waals surface area contributed by atoms with Gasteiger partial charge < -0.3 is 4.74 Å². The predicted molar refractivity (Wildman–Crippen MR) is 125 cm³/mol. The molecule has 2 heterocycles. The molecule has 2 amide bonds. The smallest absolute Gasteiger partial charge is 0.276 e. The summed E-state index contributed by atoms with van der Waals surface area (Å²) in [5.41, 5.74) is 7.04. The zero-order chi connectivity index (χ0) is 23.2. The fraction of sp³-hybridized carbons (Fsp3) is 0.136. The number of nitrogens with one attached hydrogen (secondary N) is 2. The average Bonchev–Trinajstić information content (AvgIpc) is 3.27. The third kappa shape index (κ3) is 5.60. The summed E-state index contributed by atoms with van der Waals surface area (Å²) in [5, 5.41) is 6.35. The first-order valence-electron chi connectivity index (χ1n) is 9.85. The molecule has 0 saturated heterocycles.